The van der Waals surface area contributed by atoms with E-state index in [4.69, 9.17) is 0 Å². The highest BCUT2D eigenvalue weighted by molar-refractivity contribution is 6.02. The summed E-state index contributed by atoms with van der Waals surface area (Å²) in [4.78, 5) is 24.4. The van der Waals surface area contributed by atoms with Crippen molar-refractivity contribution in [3.8, 4) is 0 Å². The lowest BCUT2D eigenvalue weighted by Gasteiger charge is -2.12. The molecule has 6 heteroatoms. The number of H-pyrrole nitrogens is 1. The minimum absolute atomic E-state index is 0.129. The number of amides is 2. The molecule has 1 aliphatic carbocycles. The zero-order chi connectivity index (χ0) is 16.8. The van der Waals surface area contributed by atoms with Gasteiger partial charge in [0.25, 0.3) is 5.91 Å². The molecule has 126 valence electrons. The Morgan fingerprint density at radius 2 is 1.92 bits per heavy atom. The van der Waals surface area contributed by atoms with Crippen molar-refractivity contribution in [1.82, 2.24) is 15.5 Å². The zero-order valence-electron chi connectivity index (χ0n) is 13.5. The Morgan fingerprint density at radius 1 is 1.17 bits per heavy atom. The van der Waals surface area contributed by atoms with Crippen LogP contribution in [-0.4, -0.2) is 28.1 Å². The average molecular weight is 326 g/mol. The van der Waals surface area contributed by atoms with Crippen molar-refractivity contribution >= 4 is 17.5 Å². The Hall–Kier alpha value is -2.63. The van der Waals surface area contributed by atoms with E-state index in [1.807, 2.05) is 30.3 Å². The smallest absolute Gasteiger partial charge is 0.271 e. The van der Waals surface area contributed by atoms with Crippen LogP contribution >= 0.6 is 0 Å². The zero-order valence-corrected chi connectivity index (χ0v) is 13.5. The Kier molecular flexibility index (Phi) is 5.25. The average Bonchev–Trinajstić information content (AvgIpc) is 3.26. The predicted octanol–water partition coefficient (Wildman–Crippen LogP) is 2.65. The van der Waals surface area contributed by atoms with Crippen LogP contribution in [0.2, 0.25) is 0 Å². The number of nitrogens with zero attached hydrogens (tertiary/aromatic N) is 1. The van der Waals surface area contributed by atoms with Crippen LogP contribution in [0.1, 0.15) is 48.2 Å². The third kappa shape index (κ3) is 4.22. The highest BCUT2D eigenvalue weighted by Gasteiger charge is 2.21. The van der Waals surface area contributed by atoms with Crippen LogP contribution < -0.4 is 10.6 Å². The minimum Gasteiger partial charge on any atom is -0.348 e. The van der Waals surface area contributed by atoms with E-state index in [1.165, 1.54) is 6.20 Å². The third-order valence-corrected chi connectivity index (χ3v) is 4.31. The number of aromatic amines is 1. The van der Waals surface area contributed by atoms with Crippen molar-refractivity contribution in [1.29, 1.82) is 0 Å². The van der Waals surface area contributed by atoms with Gasteiger partial charge in [0, 0.05) is 12.5 Å². The topological polar surface area (TPSA) is 86.9 Å². The number of aromatic nitrogens is 2. The first-order valence-electron chi connectivity index (χ1n) is 8.40. The van der Waals surface area contributed by atoms with Crippen LogP contribution in [0, 0.1) is 0 Å². The molecule has 1 heterocycles. The van der Waals surface area contributed by atoms with Gasteiger partial charge >= 0.3 is 0 Å². The Bertz CT molecular complexity index is 690. The normalized spacial score (nSPS) is 14.5. The van der Waals surface area contributed by atoms with Gasteiger partial charge in [-0.15, -0.1) is 0 Å². The Balaban J connectivity index is 1.54. The summed E-state index contributed by atoms with van der Waals surface area (Å²) in [6.45, 7) is 0. The van der Waals surface area contributed by atoms with E-state index < -0.39 is 0 Å². The maximum atomic E-state index is 12.3. The molecule has 24 heavy (non-hydrogen) atoms. The van der Waals surface area contributed by atoms with Crippen molar-refractivity contribution in [3.05, 3.63) is 47.8 Å². The number of hydrogen-bond donors (Lipinski definition) is 3. The Morgan fingerprint density at radius 3 is 2.67 bits per heavy atom. The molecule has 3 rings (SSSR count). The van der Waals surface area contributed by atoms with Crippen molar-refractivity contribution in [2.45, 2.75) is 44.6 Å². The van der Waals surface area contributed by atoms with E-state index in [2.05, 4.69) is 20.8 Å². The molecule has 1 aromatic carbocycles. The quantitative estimate of drug-likeness (QED) is 0.762. The Labute approximate surface area is 141 Å². The highest BCUT2D eigenvalue weighted by Crippen LogP contribution is 2.19. The molecule has 0 spiro atoms. The van der Waals surface area contributed by atoms with E-state index in [0.717, 1.165) is 31.2 Å². The van der Waals surface area contributed by atoms with Gasteiger partial charge < -0.3 is 10.6 Å². The summed E-state index contributed by atoms with van der Waals surface area (Å²) in [5.74, 6) is -0.340. The van der Waals surface area contributed by atoms with Crippen molar-refractivity contribution in [2.75, 3.05) is 5.32 Å². The van der Waals surface area contributed by atoms with Crippen LogP contribution in [0.3, 0.4) is 0 Å². The number of carbonyl (C=O) groups is 2. The second-order valence-corrected chi connectivity index (χ2v) is 6.15. The maximum Gasteiger partial charge on any atom is 0.271 e. The summed E-state index contributed by atoms with van der Waals surface area (Å²) in [5, 5.41) is 12.3. The molecule has 1 aliphatic rings. The fourth-order valence-corrected chi connectivity index (χ4v) is 3.00. The molecular weight excluding hydrogens is 304 g/mol. The number of benzene rings is 1. The van der Waals surface area contributed by atoms with Crippen molar-refractivity contribution in [2.24, 2.45) is 0 Å². The molecule has 0 radical (unpaired) electrons. The van der Waals surface area contributed by atoms with Gasteiger partial charge in [-0.2, -0.15) is 5.10 Å². The first kappa shape index (κ1) is 16.2. The first-order valence-corrected chi connectivity index (χ1v) is 8.40. The summed E-state index contributed by atoms with van der Waals surface area (Å²) >= 11 is 0. The number of aryl methyl sites for hydroxylation is 1. The van der Waals surface area contributed by atoms with Gasteiger partial charge in [0.15, 0.2) is 0 Å². The lowest BCUT2D eigenvalue weighted by molar-refractivity contribution is -0.116. The fraction of sp³-hybridized carbons (Fsp3) is 0.389. The van der Waals surface area contributed by atoms with E-state index in [-0.39, 0.29) is 17.9 Å². The summed E-state index contributed by atoms with van der Waals surface area (Å²) in [6, 6.07) is 10.1. The molecule has 0 atom stereocenters. The molecular formula is C18H22N4O2. The molecule has 1 fully saturated rings. The van der Waals surface area contributed by atoms with Gasteiger partial charge in [-0.05, 0) is 24.8 Å². The lowest BCUT2D eigenvalue weighted by Crippen LogP contribution is -2.33. The molecule has 0 saturated heterocycles. The van der Waals surface area contributed by atoms with Crippen LogP contribution in [0.5, 0.6) is 0 Å². The number of carbonyl (C=O) groups excluding carboxylic acids is 2. The van der Waals surface area contributed by atoms with Gasteiger partial charge in [-0.1, -0.05) is 43.2 Å². The molecule has 2 aromatic rings. The minimum atomic E-state index is -0.210. The number of rotatable bonds is 6. The lowest BCUT2D eigenvalue weighted by atomic mass is 10.1. The van der Waals surface area contributed by atoms with Crippen LogP contribution in [0.25, 0.3) is 0 Å². The van der Waals surface area contributed by atoms with Gasteiger partial charge in [0.2, 0.25) is 5.91 Å². The third-order valence-electron chi connectivity index (χ3n) is 4.31. The molecule has 1 saturated carbocycles. The van der Waals surface area contributed by atoms with Crippen molar-refractivity contribution in [3.63, 3.8) is 0 Å². The van der Waals surface area contributed by atoms with E-state index in [9.17, 15) is 9.59 Å². The molecule has 0 aliphatic heterocycles. The molecule has 3 N–H and O–H groups in total. The van der Waals surface area contributed by atoms with E-state index >= 15 is 0 Å². The summed E-state index contributed by atoms with van der Waals surface area (Å²) in [7, 11) is 0. The van der Waals surface area contributed by atoms with Crippen molar-refractivity contribution < 1.29 is 9.59 Å². The molecule has 1 aromatic heterocycles. The van der Waals surface area contributed by atoms with Crippen LogP contribution in [0.4, 0.5) is 5.69 Å². The standard InChI is InChI=1S/C18H22N4O2/c23-16(11-10-13-6-2-1-3-7-13)21-15-12-19-22-17(15)18(24)20-14-8-4-5-9-14/h1-3,6-7,12,14H,4-5,8-11H2,(H,19,22)(H,20,24)(H,21,23). The monoisotopic (exact) mass is 326 g/mol. The maximum absolute atomic E-state index is 12.3. The highest BCUT2D eigenvalue weighted by atomic mass is 16.2. The van der Waals surface area contributed by atoms with Crippen LogP contribution in [0.15, 0.2) is 36.5 Å². The molecule has 0 unspecified atom stereocenters. The molecule has 6 nitrogen and oxygen atoms in total. The summed E-state index contributed by atoms with van der Waals surface area (Å²) in [5.41, 5.74) is 1.86. The number of hydrogen-bond acceptors (Lipinski definition) is 3. The van der Waals surface area contributed by atoms with Crippen LogP contribution in [-0.2, 0) is 11.2 Å². The fourth-order valence-electron chi connectivity index (χ4n) is 3.00. The first-order chi connectivity index (χ1) is 11.7. The SMILES string of the molecule is O=C(CCc1ccccc1)Nc1cn[nH]c1C(=O)NC1CCCC1. The largest absolute Gasteiger partial charge is 0.348 e. The number of anilines is 1. The summed E-state index contributed by atoms with van der Waals surface area (Å²) < 4.78 is 0. The van der Waals surface area contributed by atoms with Gasteiger partial charge in [0.1, 0.15) is 5.69 Å². The molecule has 0 bridgehead atoms. The predicted molar refractivity (Wildman–Crippen MR) is 91.7 cm³/mol. The second-order valence-electron chi connectivity index (χ2n) is 6.15. The van der Waals surface area contributed by atoms with Gasteiger partial charge in [-0.3, -0.25) is 14.7 Å². The van der Waals surface area contributed by atoms with Gasteiger partial charge in [0.05, 0.1) is 11.9 Å². The van der Waals surface area contributed by atoms with Gasteiger partial charge in [-0.25, -0.2) is 0 Å². The van der Waals surface area contributed by atoms with E-state index in [0.29, 0.717) is 24.2 Å². The summed E-state index contributed by atoms with van der Waals surface area (Å²) in [6.07, 6.45) is 6.82. The number of nitrogens with one attached hydrogen (secondary N) is 3. The van der Waals surface area contributed by atoms with E-state index in [1.54, 1.807) is 0 Å². The molecule has 2 amide bonds. The second kappa shape index (κ2) is 7.77.